The highest BCUT2D eigenvalue weighted by atomic mass is 16.4. The number of hydrogen-bond acceptors (Lipinski definition) is 4. The molecular formula is C13H20N4O. The Morgan fingerprint density at radius 3 is 2.56 bits per heavy atom. The second-order valence-electron chi connectivity index (χ2n) is 4.51. The number of oxime groups is 1. The monoisotopic (exact) mass is 248 g/mol. The van der Waals surface area contributed by atoms with E-state index in [1.54, 1.807) is 0 Å². The van der Waals surface area contributed by atoms with Crippen molar-refractivity contribution in [3.05, 3.63) is 24.3 Å². The molecule has 18 heavy (non-hydrogen) atoms. The van der Waals surface area contributed by atoms with Crippen LogP contribution in [0, 0.1) is 0 Å². The summed E-state index contributed by atoms with van der Waals surface area (Å²) in [6, 6.07) is 8.41. The van der Waals surface area contributed by atoms with E-state index in [1.165, 1.54) is 18.5 Å². The van der Waals surface area contributed by atoms with E-state index < -0.39 is 0 Å². The molecule has 0 radical (unpaired) electrons. The normalized spacial score (nSPS) is 16.0. The van der Waals surface area contributed by atoms with Gasteiger partial charge in [0.2, 0.25) is 0 Å². The third kappa shape index (κ3) is 3.29. The van der Waals surface area contributed by atoms with Gasteiger partial charge in [0.1, 0.15) is 5.84 Å². The van der Waals surface area contributed by atoms with Crippen LogP contribution in [0.15, 0.2) is 29.4 Å². The highest BCUT2D eigenvalue weighted by Crippen LogP contribution is 2.21. The predicted molar refractivity (Wildman–Crippen MR) is 74.4 cm³/mol. The maximum atomic E-state index is 8.42. The lowest BCUT2D eigenvalue weighted by Gasteiger charge is -2.17. The van der Waals surface area contributed by atoms with Gasteiger partial charge in [-0.1, -0.05) is 5.16 Å². The second kappa shape index (κ2) is 6.14. The van der Waals surface area contributed by atoms with Gasteiger partial charge in [0.25, 0.3) is 0 Å². The zero-order valence-electron chi connectivity index (χ0n) is 10.5. The molecule has 2 rings (SSSR count). The van der Waals surface area contributed by atoms with Gasteiger partial charge in [0.05, 0.1) is 0 Å². The minimum atomic E-state index is 0.246. The summed E-state index contributed by atoms with van der Waals surface area (Å²) in [5, 5.41) is 14.6. The van der Waals surface area contributed by atoms with Crippen molar-refractivity contribution in [2.24, 2.45) is 10.9 Å². The van der Waals surface area contributed by atoms with Gasteiger partial charge in [-0.05, 0) is 37.1 Å². The fraction of sp³-hybridized carbons (Fsp3) is 0.462. The first-order chi connectivity index (χ1) is 8.79. The number of benzene rings is 1. The third-order valence-electron chi connectivity index (χ3n) is 3.18. The molecule has 4 N–H and O–H groups in total. The Kier molecular flexibility index (Phi) is 4.28. The van der Waals surface area contributed by atoms with Gasteiger partial charge in [-0.15, -0.1) is 0 Å². The maximum absolute atomic E-state index is 8.42. The minimum Gasteiger partial charge on any atom is -0.409 e. The van der Waals surface area contributed by atoms with Crippen LogP contribution in [0.3, 0.4) is 0 Å². The molecule has 1 saturated heterocycles. The van der Waals surface area contributed by atoms with Crippen LogP contribution >= 0.6 is 0 Å². The number of hydrogen-bond donors (Lipinski definition) is 3. The van der Waals surface area contributed by atoms with Crippen molar-refractivity contribution in [3.8, 4) is 0 Å². The molecule has 1 aliphatic heterocycles. The molecule has 0 aromatic heterocycles. The molecule has 1 fully saturated rings. The van der Waals surface area contributed by atoms with Gasteiger partial charge in [0, 0.05) is 37.4 Å². The smallest absolute Gasteiger partial charge is 0.140 e. The molecule has 0 bridgehead atoms. The molecule has 1 heterocycles. The van der Waals surface area contributed by atoms with E-state index in [9.17, 15) is 0 Å². The number of anilines is 2. The predicted octanol–water partition coefficient (Wildman–Crippen LogP) is 1.84. The number of nitrogens with zero attached hydrogens (tertiary/aromatic N) is 2. The molecular weight excluding hydrogens is 228 g/mol. The Balaban J connectivity index is 1.83. The summed E-state index contributed by atoms with van der Waals surface area (Å²) in [4.78, 5) is 2.40. The lowest BCUT2D eigenvalue weighted by molar-refractivity contribution is 0.317. The van der Waals surface area contributed by atoms with E-state index >= 15 is 0 Å². The van der Waals surface area contributed by atoms with E-state index in [-0.39, 0.29) is 5.84 Å². The molecule has 0 saturated carbocycles. The van der Waals surface area contributed by atoms with Crippen LogP contribution in [-0.4, -0.2) is 30.7 Å². The van der Waals surface area contributed by atoms with Gasteiger partial charge in [-0.25, -0.2) is 0 Å². The Bertz CT molecular complexity index is 396. The van der Waals surface area contributed by atoms with E-state index in [1.807, 2.05) is 0 Å². The Hall–Kier alpha value is -1.91. The molecule has 5 heteroatoms. The highest BCUT2D eigenvalue weighted by molar-refractivity contribution is 5.80. The summed E-state index contributed by atoms with van der Waals surface area (Å²) in [5.41, 5.74) is 7.74. The third-order valence-corrected chi connectivity index (χ3v) is 3.18. The topological polar surface area (TPSA) is 73.9 Å². The van der Waals surface area contributed by atoms with Crippen LogP contribution in [0.25, 0.3) is 0 Å². The Morgan fingerprint density at radius 2 is 1.94 bits per heavy atom. The fourth-order valence-corrected chi connectivity index (χ4v) is 2.15. The van der Waals surface area contributed by atoms with Gasteiger partial charge in [-0.3, -0.25) is 0 Å². The lowest BCUT2D eigenvalue weighted by atomic mass is 10.2. The van der Waals surface area contributed by atoms with Crippen LogP contribution in [0.5, 0.6) is 0 Å². The summed E-state index contributed by atoms with van der Waals surface area (Å²) in [6.45, 7) is 2.99. The van der Waals surface area contributed by atoms with Crippen molar-refractivity contribution >= 4 is 17.2 Å². The molecule has 0 atom stereocenters. The largest absolute Gasteiger partial charge is 0.409 e. The Labute approximate surface area is 107 Å². The number of rotatable bonds is 5. The van der Waals surface area contributed by atoms with Crippen molar-refractivity contribution < 1.29 is 5.21 Å². The molecule has 5 nitrogen and oxygen atoms in total. The zero-order valence-corrected chi connectivity index (χ0v) is 10.5. The van der Waals surface area contributed by atoms with Gasteiger partial charge in [0.15, 0.2) is 0 Å². The highest BCUT2D eigenvalue weighted by Gasteiger charge is 2.11. The summed E-state index contributed by atoms with van der Waals surface area (Å²) in [5.74, 6) is 0.246. The first kappa shape index (κ1) is 12.5. The first-order valence-corrected chi connectivity index (χ1v) is 6.35. The minimum absolute atomic E-state index is 0.246. The van der Waals surface area contributed by atoms with E-state index in [2.05, 4.69) is 39.6 Å². The summed E-state index contributed by atoms with van der Waals surface area (Å²) in [7, 11) is 0. The van der Waals surface area contributed by atoms with Crippen LogP contribution in [0.2, 0.25) is 0 Å². The molecule has 0 spiro atoms. The Morgan fingerprint density at radius 1 is 1.28 bits per heavy atom. The zero-order chi connectivity index (χ0) is 12.8. The standard InChI is InChI=1S/C13H20N4O/c14-13(16-18)7-8-15-11-3-5-12(6-4-11)17-9-1-2-10-17/h3-6,15,18H,1-2,7-10H2,(H2,14,16). The molecule has 1 aliphatic rings. The van der Waals surface area contributed by atoms with Crippen LogP contribution in [-0.2, 0) is 0 Å². The number of nitrogens with two attached hydrogens (primary N) is 1. The summed E-state index contributed by atoms with van der Waals surface area (Å²) >= 11 is 0. The SMILES string of the molecule is NC(CCNc1ccc(N2CCCC2)cc1)=NO. The molecule has 0 amide bonds. The summed E-state index contributed by atoms with van der Waals surface area (Å²) < 4.78 is 0. The van der Waals surface area contributed by atoms with Crippen LogP contribution in [0.1, 0.15) is 19.3 Å². The van der Waals surface area contributed by atoms with Crippen LogP contribution in [0.4, 0.5) is 11.4 Å². The van der Waals surface area contributed by atoms with Gasteiger partial charge >= 0.3 is 0 Å². The molecule has 0 aliphatic carbocycles. The number of nitrogens with one attached hydrogen (secondary N) is 1. The average Bonchev–Trinajstić information content (AvgIpc) is 2.93. The fourth-order valence-electron chi connectivity index (χ4n) is 2.15. The maximum Gasteiger partial charge on any atom is 0.140 e. The second-order valence-corrected chi connectivity index (χ2v) is 4.51. The molecule has 1 aromatic rings. The van der Waals surface area contributed by atoms with E-state index in [4.69, 9.17) is 10.9 Å². The van der Waals surface area contributed by atoms with Crippen molar-refractivity contribution in [1.82, 2.24) is 0 Å². The van der Waals surface area contributed by atoms with Crippen LogP contribution < -0.4 is 16.0 Å². The van der Waals surface area contributed by atoms with E-state index in [0.717, 1.165) is 18.8 Å². The lowest BCUT2D eigenvalue weighted by Crippen LogP contribution is -2.18. The quantitative estimate of drug-likeness (QED) is 0.322. The van der Waals surface area contributed by atoms with Crippen molar-refractivity contribution in [2.75, 3.05) is 29.9 Å². The van der Waals surface area contributed by atoms with Gasteiger partial charge in [-0.2, -0.15) is 0 Å². The first-order valence-electron chi connectivity index (χ1n) is 6.35. The molecule has 1 aromatic carbocycles. The molecule has 0 unspecified atom stereocenters. The van der Waals surface area contributed by atoms with Crippen molar-refractivity contribution in [2.45, 2.75) is 19.3 Å². The molecule has 98 valence electrons. The summed E-state index contributed by atoms with van der Waals surface area (Å²) in [6.07, 6.45) is 3.12. The number of amidine groups is 1. The van der Waals surface area contributed by atoms with Gasteiger partial charge < -0.3 is 21.2 Å². The van der Waals surface area contributed by atoms with Crippen molar-refractivity contribution in [3.63, 3.8) is 0 Å². The average molecular weight is 248 g/mol. The van der Waals surface area contributed by atoms with Crippen molar-refractivity contribution in [1.29, 1.82) is 0 Å². The van der Waals surface area contributed by atoms with E-state index in [0.29, 0.717) is 13.0 Å².